The molecule has 0 bridgehead atoms. The summed E-state index contributed by atoms with van der Waals surface area (Å²) in [6.07, 6.45) is 6.46. The molecule has 0 spiro atoms. The summed E-state index contributed by atoms with van der Waals surface area (Å²) in [5.41, 5.74) is 0.286. The highest BCUT2D eigenvalue weighted by molar-refractivity contribution is 5.92. The Balaban J connectivity index is 1.77. The van der Waals surface area contributed by atoms with Crippen LogP contribution < -0.4 is 10.6 Å². The number of ether oxygens (including phenoxy) is 1. The first-order valence-corrected chi connectivity index (χ1v) is 8.95. The molecule has 1 aliphatic rings. The number of nitrogens with one attached hydrogen (secondary N) is 2. The lowest BCUT2D eigenvalue weighted by molar-refractivity contribution is -0.121. The molecule has 0 aliphatic heterocycles. The normalized spacial score (nSPS) is 21.9. The maximum Gasteiger partial charge on any atom is 0.407 e. The van der Waals surface area contributed by atoms with Crippen LogP contribution in [0.2, 0.25) is 0 Å². The van der Waals surface area contributed by atoms with E-state index < -0.39 is 5.60 Å². The molecular weight excluding hydrogens is 318 g/mol. The van der Waals surface area contributed by atoms with Gasteiger partial charge < -0.3 is 15.4 Å². The minimum absolute atomic E-state index is 0.0261. The number of carbonyl (C=O) groups is 2. The van der Waals surface area contributed by atoms with Crippen molar-refractivity contribution in [2.24, 2.45) is 11.8 Å². The Morgan fingerprint density at radius 3 is 2.32 bits per heavy atom. The third-order valence-corrected chi connectivity index (χ3v) is 4.54. The molecular formula is C19H29N3O3. The molecule has 6 heteroatoms. The minimum Gasteiger partial charge on any atom is -0.444 e. The minimum atomic E-state index is -0.494. The zero-order valence-electron chi connectivity index (χ0n) is 15.5. The molecule has 0 saturated heterocycles. The summed E-state index contributed by atoms with van der Waals surface area (Å²) in [4.78, 5) is 28.2. The second-order valence-electron chi connectivity index (χ2n) is 7.77. The van der Waals surface area contributed by atoms with Gasteiger partial charge in [0, 0.05) is 30.0 Å². The molecule has 1 heterocycles. The molecule has 0 aromatic carbocycles. The monoisotopic (exact) mass is 347 g/mol. The highest BCUT2D eigenvalue weighted by Gasteiger charge is 2.30. The van der Waals surface area contributed by atoms with E-state index in [-0.39, 0.29) is 24.0 Å². The van der Waals surface area contributed by atoms with Crippen molar-refractivity contribution < 1.29 is 14.3 Å². The fraction of sp³-hybridized carbons (Fsp3) is 0.632. The molecule has 6 nitrogen and oxygen atoms in total. The van der Waals surface area contributed by atoms with Crippen molar-refractivity contribution >= 4 is 17.7 Å². The lowest BCUT2D eigenvalue weighted by Gasteiger charge is -2.32. The van der Waals surface area contributed by atoms with E-state index in [1.54, 1.807) is 24.5 Å². The van der Waals surface area contributed by atoms with Crippen molar-refractivity contribution in [3.63, 3.8) is 0 Å². The van der Waals surface area contributed by atoms with Gasteiger partial charge in [-0.25, -0.2) is 4.79 Å². The van der Waals surface area contributed by atoms with Crippen LogP contribution in [0.25, 0.3) is 0 Å². The Morgan fingerprint density at radius 1 is 1.16 bits per heavy atom. The Hall–Kier alpha value is -2.11. The number of anilines is 1. The molecule has 1 atom stereocenters. The van der Waals surface area contributed by atoms with Gasteiger partial charge >= 0.3 is 6.09 Å². The van der Waals surface area contributed by atoms with E-state index in [1.807, 2.05) is 27.7 Å². The Morgan fingerprint density at radius 2 is 1.76 bits per heavy atom. The number of amides is 2. The van der Waals surface area contributed by atoms with Crippen LogP contribution in [0.15, 0.2) is 24.5 Å². The highest BCUT2D eigenvalue weighted by Crippen LogP contribution is 2.31. The Labute approximate surface area is 149 Å². The SMILES string of the molecule is C[C@@H](NC(=O)OC(C)(C)C)C1CCC(C(=O)Nc2ccncc2)CC1. The first-order chi connectivity index (χ1) is 11.7. The topological polar surface area (TPSA) is 80.3 Å². The molecule has 0 unspecified atom stereocenters. The Kier molecular flexibility index (Phi) is 6.39. The number of rotatable bonds is 4. The fourth-order valence-corrected chi connectivity index (χ4v) is 3.17. The smallest absolute Gasteiger partial charge is 0.407 e. The van der Waals surface area contributed by atoms with Crippen LogP contribution in [-0.4, -0.2) is 28.6 Å². The van der Waals surface area contributed by atoms with Crippen molar-refractivity contribution in [3.05, 3.63) is 24.5 Å². The lowest BCUT2D eigenvalue weighted by atomic mass is 9.78. The van der Waals surface area contributed by atoms with Crippen LogP contribution in [0.1, 0.15) is 53.4 Å². The second kappa shape index (κ2) is 8.32. The van der Waals surface area contributed by atoms with Crippen molar-refractivity contribution in [2.45, 2.75) is 65.0 Å². The number of nitrogens with zero attached hydrogens (tertiary/aromatic N) is 1. The van der Waals surface area contributed by atoms with Crippen molar-refractivity contribution in [1.82, 2.24) is 10.3 Å². The summed E-state index contributed by atoms with van der Waals surface area (Å²) in [5.74, 6) is 0.466. The maximum absolute atomic E-state index is 12.4. The van der Waals surface area contributed by atoms with Crippen molar-refractivity contribution in [1.29, 1.82) is 0 Å². The lowest BCUT2D eigenvalue weighted by Crippen LogP contribution is -2.42. The molecule has 25 heavy (non-hydrogen) atoms. The molecule has 1 aliphatic carbocycles. The van der Waals surface area contributed by atoms with Gasteiger partial charge in [-0.15, -0.1) is 0 Å². The molecule has 1 fully saturated rings. The molecule has 1 aromatic heterocycles. The van der Waals surface area contributed by atoms with Crippen LogP contribution in [0.4, 0.5) is 10.5 Å². The predicted octanol–water partition coefficient (Wildman–Crippen LogP) is 3.74. The number of hydrogen-bond donors (Lipinski definition) is 2. The number of hydrogen-bond acceptors (Lipinski definition) is 4. The largest absolute Gasteiger partial charge is 0.444 e. The molecule has 1 aromatic rings. The average molecular weight is 347 g/mol. The van der Waals surface area contributed by atoms with Crippen LogP contribution in [0, 0.1) is 11.8 Å². The summed E-state index contributed by atoms with van der Waals surface area (Å²) in [7, 11) is 0. The molecule has 2 N–H and O–H groups in total. The first-order valence-electron chi connectivity index (χ1n) is 8.95. The maximum atomic E-state index is 12.4. The molecule has 2 amide bonds. The average Bonchev–Trinajstić information content (AvgIpc) is 2.54. The zero-order valence-corrected chi connectivity index (χ0v) is 15.5. The third kappa shape index (κ3) is 6.36. The third-order valence-electron chi connectivity index (χ3n) is 4.54. The van der Waals surface area contributed by atoms with Crippen LogP contribution in [0.3, 0.4) is 0 Å². The fourth-order valence-electron chi connectivity index (χ4n) is 3.17. The van der Waals surface area contributed by atoms with E-state index in [0.29, 0.717) is 5.92 Å². The van der Waals surface area contributed by atoms with Crippen LogP contribution >= 0.6 is 0 Å². The van der Waals surface area contributed by atoms with Gasteiger partial charge in [0.05, 0.1) is 0 Å². The Bertz CT molecular complexity index is 575. The molecule has 1 saturated carbocycles. The summed E-state index contributed by atoms with van der Waals surface area (Å²) in [5, 5.41) is 5.87. The first kappa shape index (κ1) is 19.2. The standard InChI is InChI=1S/C19H29N3O3/c1-13(21-18(24)25-19(2,3)4)14-5-7-15(8-6-14)17(23)22-16-9-11-20-12-10-16/h9-15H,5-8H2,1-4H3,(H,21,24)(H,20,22,23)/t13-,14?,15?/m1/s1. The van der Waals surface area contributed by atoms with E-state index in [1.165, 1.54) is 0 Å². The van der Waals surface area contributed by atoms with Gasteiger partial charge in [-0.2, -0.15) is 0 Å². The van der Waals surface area contributed by atoms with Crippen LogP contribution in [0.5, 0.6) is 0 Å². The van der Waals surface area contributed by atoms with Gasteiger partial charge in [0.1, 0.15) is 5.60 Å². The predicted molar refractivity (Wildman–Crippen MR) is 97.1 cm³/mol. The van der Waals surface area contributed by atoms with Gasteiger partial charge in [-0.3, -0.25) is 9.78 Å². The number of carbonyl (C=O) groups excluding carboxylic acids is 2. The molecule has 2 rings (SSSR count). The van der Waals surface area contributed by atoms with E-state index in [2.05, 4.69) is 15.6 Å². The van der Waals surface area contributed by atoms with Gasteiger partial charge in [0.15, 0.2) is 0 Å². The van der Waals surface area contributed by atoms with Gasteiger partial charge in [-0.1, -0.05) is 0 Å². The number of alkyl carbamates (subject to hydrolysis) is 1. The summed E-state index contributed by atoms with van der Waals surface area (Å²) < 4.78 is 5.31. The van der Waals surface area contributed by atoms with Crippen LogP contribution in [-0.2, 0) is 9.53 Å². The second-order valence-corrected chi connectivity index (χ2v) is 7.77. The van der Waals surface area contributed by atoms with E-state index in [4.69, 9.17) is 4.74 Å². The quantitative estimate of drug-likeness (QED) is 0.869. The number of aromatic nitrogens is 1. The van der Waals surface area contributed by atoms with Gasteiger partial charge in [0.2, 0.25) is 5.91 Å². The van der Waals surface area contributed by atoms with E-state index >= 15 is 0 Å². The van der Waals surface area contributed by atoms with Crippen molar-refractivity contribution in [3.8, 4) is 0 Å². The van der Waals surface area contributed by atoms with E-state index in [9.17, 15) is 9.59 Å². The summed E-state index contributed by atoms with van der Waals surface area (Å²) in [6.45, 7) is 7.56. The summed E-state index contributed by atoms with van der Waals surface area (Å²) >= 11 is 0. The van der Waals surface area contributed by atoms with Gasteiger partial charge in [-0.05, 0) is 71.4 Å². The van der Waals surface area contributed by atoms with Gasteiger partial charge in [0.25, 0.3) is 0 Å². The zero-order chi connectivity index (χ0) is 18.4. The van der Waals surface area contributed by atoms with E-state index in [0.717, 1.165) is 31.4 Å². The molecule has 0 radical (unpaired) electrons. The van der Waals surface area contributed by atoms with Crippen molar-refractivity contribution in [2.75, 3.05) is 5.32 Å². The molecule has 138 valence electrons. The number of pyridine rings is 1. The summed E-state index contributed by atoms with van der Waals surface area (Å²) in [6, 6.07) is 3.62. The highest BCUT2D eigenvalue weighted by atomic mass is 16.6.